The third kappa shape index (κ3) is 9.66. The number of aromatic nitrogens is 2. The number of fused-ring (bicyclic) bond motifs is 1. The van der Waals surface area contributed by atoms with Crippen molar-refractivity contribution in [1.29, 1.82) is 0 Å². The van der Waals surface area contributed by atoms with E-state index in [0.29, 0.717) is 56.2 Å². The fourth-order valence-electron chi connectivity index (χ4n) is 5.64. The highest BCUT2D eigenvalue weighted by Gasteiger charge is 2.31. The number of nitrogens with one attached hydrogen (secondary N) is 4. The van der Waals surface area contributed by atoms with Crippen LogP contribution in [0.25, 0.3) is 0 Å². The molecule has 0 fully saturated rings. The molecule has 0 aliphatic carbocycles. The van der Waals surface area contributed by atoms with E-state index in [1.54, 1.807) is 24.3 Å². The molecule has 50 heavy (non-hydrogen) atoms. The van der Waals surface area contributed by atoms with Gasteiger partial charge < -0.3 is 42.2 Å². The molecule has 1 aliphatic heterocycles. The summed E-state index contributed by atoms with van der Waals surface area (Å²) in [5.41, 5.74) is 12.7. The van der Waals surface area contributed by atoms with Gasteiger partial charge in [0.1, 0.15) is 11.7 Å². The number of halogens is 1. The van der Waals surface area contributed by atoms with Crippen LogP contribution in [0.15, 0.2) is 89.7 Å². The van der Waals surface area contributed by atoms with E-state index in [2.05, 4.69) is 31.3 Å². The average Bonchev–Trinajstić information content (AvgIpc) is 3.10. The lowest BCUT2D eigenvalue weighted by Crippen LogP contribution is -2.52. The van der Waals surface area contributed by atoms with Crippen molar-refractivity contribution in [1.82, 2.24) is 15.0 Å². The molecule has 8 N–H and O–H groups in total. The minimum atomic E-state index is -1.32. The van der Waals surface area contributed by atoms with Crippen LogP contribution in [0.3, 0.4) is 0 Å². The van der Waals surface area contributed by atoms with Gasteiger partial charge in [0.05, 0.1) is 6.04 Å². The van der Waals surface area contributed by atoms with Gasteiger partial charge in [-0.1, -0.05) is 60.7 Å². The number of carboxylic acids is 2. The van der Waals surface area contributed by atoms with Crippen LogP contribution in [0, 0.1) is 0 Å². The summed E-state index contributed by atoms with van der Waals surface area (Å²) < 4.78 is 1.30. The van der Waals surface area contributed by atoms with Crippen LogP contribution >= 0.6 is 12.4 Å². The number of amides is 1. The number of nitrogen functional groups attached to an aromatic ring is 1. The Hall–Kier alpha value is -5.76. The summed E-state index contributed by atoms with van der Waals surface area (Å²) in [7, 11) is 0. The molecule has 14 nitrogen and oxygen atoms in total. The first kappa shape index (κ1) is 37.1. The van der Waals surface area contributed by atoms with Crippen molar-refractivity contribution < 1.29 is 24.6 Å². The summed E-state index contributed by atoms with van der Waals surface area (Å²) in [6.45, 7) is 1.94. The van der Waals surface area contributed by atoms with Crippen LogP contribution in [0.5, 0.6) is 0 Å². The van der Waals surface area contributed by atoms with Crippen molar-refractivity contribution in [3.05, 3.63) is 112 Å². The summed E-state index contributed by atoms with van der Waals surface area (Å²) >= 11 is 0. The lowest BCUT2D eigenvalue weighted by molar-refractivity contribution is -0.140. The van der Waals surface area contributed by atoms with Crippen LogP contribution in [0.2, 0.25) is 0 Å². The van der Waals surface area contributed by atoms with Crippen LogP contribution in [-0.2, 0) is 22.4 Å². The Balaban J connectivity index is 0.00000562. The second-order valence-corrected chi connectivity index (χ2v) is 11.7. The predicted octanol–water partition coefficient (Wildman–Crippen LogP) is 3.04. The molecule has 0 saturated carbocycles. The van der Waals surface area contributed by atoms with Crippen molar-refractivity contribution in [2.45, 2.75) is 37.8 Å². The monoisotopic (exact) mass is 704 g/mol. The highest BCUT2D eigenvalue weighted by atomic mass is 35.5. The van der Waals surface area contributed by atoms with E-state index in [-0.39, 0.29) is 48.4 Å². The Labute approximate surface area is 295 Å². The molecule has 1 amide bonds. The summed E-state index contributed by atoms with van der Waals surface area (Å²) in [6.07, 6.45) is 0.768. The zero-order valence-corrected chi connectivity index (χ0v) is 28.1. The fraction of sp³-hybridized carbons (Fsp3) is 0.286. The Morgan fingerprint density at radius 1 is 0.940 bits per heavy atom. The van der Waals surface area contributed by atoms with Crippen LogP contribution < -0.4 is 37.6 Å². The van der Waals surface area contributed by atoms with E-state index in [1.807, 2.05) is 60.7 Å². The van der Waals surface area contributed by atoms with Crippen molar-refractivity contribution in [2.24, 2.45) is 0 Å². The molecule has 0 radical (unpaired) electrons. The number of anilines is 4. The molecule has 4 aromatic rings. The van der Waals surface area contributed by atoms with Gasteiger partial charge in [-0.15, -0.1) is 12.4 Å². The number of nitrogens with two attached hydrogens (primary N) is 1. The second kappa shape index (κ2) is 17.6. The number of hydrogen-bond donors (Lipinski definition) is 7. The van der Waals surface area contributed by atoms with Gasteiger partial charge in [-0.2, -0.15) is 9.66 Å². The highest BCUT2D eigenvalue weighted by Crippen LogP contribution is 2.28. The Kier molecular flexibility index (Phi) is 13.0. The minimum absolute atomic E-state index is 0. The van der Waals surface area contributed by atoms with Crippen LogP contribution in [0.4, 0.5) is 23.1 Å². The molecule has 0 saturated heterocycles. The quantitative estimate of drug-likeness (QED) is 0.0900. The summed E-state index contributed by atoms with van der Waals surface area (Å²) in [5.74, 6) is -2.59. The molecule has 264 valence electrons. The van der Waals surface area contributed by atoms with E-state index in [1.165, 1.54) is 4.68 Å². The molecule has 0 spiro atoms. The largest absolute Gasteiger partial charge is 0.481 e. The maximum absolute atomic E-state index is 14.0. The van der Waals surface area contributed by atoms with Gasteiger partial charge in [-0.3, -0.25) is 14.4 Å². The van der Waals surface area contributed by atoms with Gasteiger partial charge in [0.15, 0.2) is 5.82 Å². The maximum Gasteiger partial charge on any atom is 0.326 e. The Morgan fingerprint density at radius 3 is 2.20 bits per heavy atom. The van der Waals surface area contributed by atoms with Crippen molar-refractivity contribution in [3.8, 4) is 0 Å². The predicted molar refractivity (Wildman–Crippen MR) is 195 cm³/mol. The van der Waals surface area contributed by atoms with Gasteiger partial charge in [-0.05, 0) is 54.7 Å². The van der Waals surface area contributed by atoms with Crippen LogP contribution in [0.1, 0.15) is 34.3 Å². The lowest BCUT2D eigenvalue weighted by atomic mass is 10.1. The number of nitrogens with zero attached hydrogens (tertiary/aromatic N) is 3. The SMILES string of the molecule is Cl.Nc1nc2c(c(=O)n1NCCc1ccccc1)N(CCc1ccccc1)C(CNc1ccc(C(=O)NC(CCC(=O)O)C(=O)O)cc1)CN2. The lowest BCUT2D eigenvalue weighted by Gasteiger charge is -2.39. The molecule has 15 heteroatoms. The topological polar surface area (TPSA) is 204 Å². The van der Waals surface area contributed by atoms with Crippen LogP contribution in [-0.4, -0.2) is 76.0 Å². The number of rotatable bonds is 16. The van der Waals surface area contributed by atoms with Crippen molar-refractivity contribution in [3.63, 3.8) is 0 Å². The number of aliphatic carboxylic acids is 2. The molecular weight excluding hydrogens is 664 g/mol. The summed E-state index contributed by atoms with van der Waals surface area (Å²) in [4.78, 5) is 55.6. The third-order valence-corrected chi connectivity index (χ3v) is 8.27. The molecule has 5 rings (SSSR count). The molecule has 1 aliphatic rings. The van der Waals surface area contributed by atoms with Gasteiger partial charge in [0.2, 0.25) is 5.95 Å². The molecule has 0 bridgehead atoms. The molecule has 2 heterocycles. The molecule has 1 aromatic heterocycles. The molecular formula is C35H41ClN8O6. The fourth-order valence-corrected chi connectivity index (χ4v) is 5.64. The maximum atomic E-state index is 14.0. The number of benzene rings is 3. The van der Waals surface area contributed by atoms with Gasteiger partial charge in [0, 0.05) is 43.9 Å². The zero-order chi connectivity index (χ0) is 34.8. The first-order valence-electron chi connectivity index (χ1n) is 16.0. The summed E-state index contributed by atoms with van der Waals surface area (Å²) in [5, 5.41) is 27.3. The Morgan fingerprint density at radius 2 is 1.58 bits per heavy atom. The number of carboxylic acid groups (broad SMARTS) is 2. The first-order chi connectivity index (χ1) is 23.7. The van der Waals surface area contributed by atoms with Crippen molar-refractivity contribution >= 4 is 53.4 Å². The van der Waals surface area contributed by atoms with E-state index in [4.69, 9.17) is 10.8 Å². The van der Waals surface area contributed by atoms with Gasteiger partial charge in [0.25, 0.3) is 11.5 Å². The standard InChI is InChI=1S/C35H40N8O6.ClH/c36-35-41-31-30(33(47)43(35)39-19-17-23-7-3-1-4-8-23)42(20-18-24-9-5-2-6-10-24)27(22-38-31)21-37-26-13-11-25(12-14-26)32(46)40-28(34(48)49)15-16-29(44)45;/h1-14,27-28,37-39H,15-22H2,(H2,36,41)(H,40,46)(H,44,45)(H,48,49);1H. The van der Waals surface area contributed by atoms with Crippen molar-refractivity contribution in [2.75, 3.05) is 52.9 Å². The minimum Gasteiger partial charge on any atom is -0.481 e. The van der Waals surface area contributed by atoms with Gasteiger partial charge in [-0.25, -0.2) is 4.79 Å². The zero-order valence-electron chi connectivity index (χ0n) is 27.2. The number of hydrogen-bond acceptors (Lipinski definition) is 10. The third-order valence-electron chi connectivity index (χ3n) is 8.27. The highest BCUT2D eigenvalue weighted by molar-refractivity contribution is 5.97. The van der Waals surface area contributed by atoms with E-state index in [0.717, 1.165) is 11.1 Å². The number of carbonyl (C=O) groups is 3. The van der Waals surface area contributed by atoms with E-state index in [9.17, 15) is 24.3 Å². The second-order valence-electron chi connectivity index (χ2n) is 11.7. The number of carbonyl (C=O) groups excluding carboxylic acids is 1. The Bertz CT molecular complexity index is 1810. The summed E-state index contributed by atoms with van der Waals surface area (Å²) in [6, 6.07) is 25.0. The molecule has 2 atom stereocenters. The molecule has 3 aromatic carbocycles. The molecule has 2 unspecified atom stereocenters. The average molecular weight is 705 g/mol. The van der Waals surface area contributed by atoms with E-state index >= 15 is 0 Å². The normalized spacial score (nSPS) is 13.9. The first-order valence-corrected chi connectivity index (χ1v) is 16.0. The smallest absolute Gasteiger partial charge is 0.326 e. The van der Waals surface area contributed by atoms with Gasteiger partial charge >= 0.3 is 11.9 Å². The van der Waals surface area contributed by atoms with E-state index < -0.39 is 23.9 Å².